The molecule has 2 aromatic rings. The SMILES string of the molecule is C[C@H]1CN([C@@H](C)CO)S(=O)(=O)c2ccc(C#CC3CCCC3)cc2O[C@H]1CN(C)C(=O)Cc1ccccc1. The predicted octanol–water partition coefficient (Wildman–Crippen LogP) is 3.70. The van der Waals surface area contributed by atoms with E-state index in [2.05, 4.69) is 11.8 Å². The van der Waals surface area contributed by atoms with Crippen LogP contribution in [0, 0.1) is 23.7 Å². The smallest absolute Gasteiger partial charge is 0.247 e. The summed E-state index contributed by atoms with van der Waals surface area (Å²) >= 11 is 0. The summed E-state index contributed by atoms with van der Waals surface area (Å²) in [5.74, 6) is 6.87. The first-order chi connectivity index (χ1) is 18.2. The number of hydrogen-bond donors (Lipinski definition) is 1. The van der Waals surface area contributed by atoms with Gasteiger partial charge in [-0.25, -0.2) is 8.42 Å². The van der Waals surface area contributed by atoms with Crippen molar-refractivity contribution < 1.29 is 23.1 Å². The Morgan fingerprint density at radius 3 is 2.58 bits per heavy atom. The van der Waals surface area contributed by atoms with E-state index in [0.717, 1.165) is 18.4 Å². The summed E-state index contributed by atoms with van der Waals surface area (Å²) in [7, 11) is -2.18. The molecule has 0 bridgehead atoms. The van der Waals surface area contributed by atoms with Crippen LogP contribution in [-0.2, 0) is 21.2 Å². The number of carbonyl (C=O) groups is 1. The highest BCUT2D eigenvalue weighted by Gasteiger charge is 2.38. The van der Waals surface area contributed by atoms with Gasteiger partial charge in [0.25, 0.3) is 0 Å². The van der Waals surface area contributed by atoms with Gasteiger partial charge in [0.15, 0.2) is 0 Å². The second kappa shape index (κ2) is 12.3. The monoisotopic (exact) mass is 538 g/mol. The number of nitrogens with zero attached hydrogens (tertiary/aromatic N) is 2. The number of fused-ring (bicyclic) bond motifs is 1. The van der Waals surface area contributed by atoms with Gasteiger partial charge in [0, 0.05) is 37.0 Å². The van der Waals surface area contributed by atoms with Gasteiger partial charge in [-0.2, -0.15) is 4.31 Å². The minimum absolute atomic E-state index is 0.0429. The largest absolute Gasteiger partial charge is 0.487 e. The summed E-state index contributed by atoms with van der Waals surface area (Å²) in [4.78, 5) is 14.7. The van der Waals surface area contributed by atoms with Crippen molar-refractivity contribution in [3.05, 3.63) is 59.7 Å². The van der Waals surface area contributed by atoms with E-state index in [1.54, 1.807) is 37.1 Å². The summed E-state index contributed by atoms with van der Waals surface area (Å²) in [6.45, 7) is 3.77. The standard InChI is InChI=1S/C30H38N2O5S/c1-22-19-32(23(2)21-33)38(35,36)29-16-15-26(14-13-24-9-7-8-10-24)17-27(29)37-28(22)20-31(3)30(34)18-25-11-5-4-6-12-25/h4-6,11-12,15-17,22-24,28,33H,7-10,18-21H2,1-3H3/t22-,23-,28-/m0/s1. The molecule has 7 nitrogen and oxygen atoms in total. The van der Waals surface area contributed by atoms with Crippen LogP contribution in [0.2, 0.25) is 0 Å². The van der Waals surface area contributed by atoms with Gasteiger partial charge in [0.2, 0.25) is 15.9 Å². The lowest BCUT2D eigenvalue weighted by Gasteiger charge is -2.37. The molecule has 0 saturated heterocycles. The topological polar surface area (TPSA) is 87.2 Å². The minimum atomic E-state index is -3.92. The van der Waals surface area contributed by atoms with E-state index in [0.29, 0.717) is 18.0 Å². The molecule has 38 heavy (non-hydrogen) atoms. The Hall–Kier alpha value is -2.86. The zero-order chi connectivity index (χ0) is 27.3. The third-order valence-corrected chi connectivity index (χ3v) is 9.54. The zero-order valence-electron chi connectivity index (χ0n) is 22.5. The highest BCUT2D eigenvalue weighted by Crippen LogP contribution is 2.34. The lowest BCUT2D eigenvalue weighted by atomic mass is 10.0. The Balaban J connectivity index is 1.64. The number of aliphatic hydroxyl groups is 1. The maximum atomic E-state index is 13.7. The fraction of sp³-hybridized carbons (Fsp3) is 0.500. The number of rotatable bonds is 6. The van der Waals surface area contributed by atoms with E-state index < -0.39 is 22.2 Å². The summed E-state index contributed by atoms with van der Waals surface area (Å²) in [6.07, 6.45) is 4.40. The molecule has 2 aromatic carbocycles. The normalized spacial score (nSPS) is 22.2. The van der Waals surface area contributed by atoms with Crippen molar-refractivity contribution in [2.24, 2.45) is 11.8 Å². The molecule has 1 aliphatic carbocycles. The van der Waals surface area contributed by atoms with Gasteiger partial charge in [0.1, 0.15) is 16.7 Å². The molecule has 0 unspecified atom stereocenters. The van der Waals surface area contributed by atoms with Crippen LogP contribution in [0.1, 0.15) is 50.7 Å². The molecule has 1 heterocycles. The number of aliphatic hydroxyl groups excluding tert-OH is 1. The second-order valence-electron chi connectivity index (χ2n) is 10.6. The number of carbonyl (C=O) groups excluding carboxylic acids is 1. The van der Waals surface area contributed by atoms with Crippen molar-refractivity contribution in [1.82, 2.24) is 9.21 Å². The average Bonchev–Trinajstić information content (AvgIpc) is 3.43. The van der Waals surface area contributed by atoms with Crippen molar-refractivity contribution in [2.75, 3.05) is 26.7 Å². The lowest BCUT2D eigenvalue weighted by Crippen LogP contribution is -2.50. The molecule has 0 spiro atoms. The van der Waals surface area contributed by atoms with Crippen molar-refractivity contribution in [3.63, 3.8) is 0 Å². The van der Waals surface area contributed by atoms with Crippen LogP contribution >= 0.6 is 0 Å². The second-order valence-corrected chi connectivity index (χ2v) is 12.4. The molecule has 2 aliphatic rings. The van der Waals surface area contributed by atoms with E-state index in [4.69, 9.17) is 4.74 Å². The molecule has 8 heteroatoms. The maximum absolute atomic E-state index is 13.7. The van der Waals surface area contributed by atoms with E-state index in [-0.39, 0.29) is 42.0 Å². The van der Waals surface area contributed by atoms with Gasteiger partial charge < -0.3 is 14.7 Å². The van der Waals surface area contributed by atoms with Gasteiger partial charge in [-0.1, -0.05) is 61.9 Å². The molecule has 204 valence electrons. The van der Waals surface area contributed by atoms with Crippen LogP contribution in [-0.4, -0.2) is 67.5 Å². The zero-order valence-corrected chi connectivity index (χ0v) is 23.3. The first-order valence-corrected chi connectivity index (χ1v) is 14.9. The van der Waals surface area contributed by atoms with Crippen LogP contribution in [0.5, 0.6) is 5.75 Å². The number of ether oxygens (including phenoxy) is 1. The Kier molecular flexibility index (Phi) is 9.14. The van der Waals surface area contributed by atoms with Crippen molar-refractivity contribution >= 4 is 15.9 Å². The molecule has 3 atom stereocenters. The van der Waals surface area contributed by atoms with E-state index in [9.17, 15) is 18.3 Å². The summed E-state index contributed by atoms with van der Waals surface area (Å²) in [5, 5.41) is 9.85. The molecule has 1 saturated carbocycles. The van der Waals surface area contributed by atoms with Crippen LogP contribution < -0.4 is 4.74 Å². The van der Waals surface area contributed by atoms with Gasteiger partial charge >= 0.3 is 0 Å². The summed E-state index contributed by atoms with van der Waals surface area (Å²) < 4.78 is 35.1. The molecule has 4 rings (SSSR count). The Morgan fingerprint density at radius 1 is 1.18 bits per heavy atom. The molecule has 1 amide bonds. The van der Waals surface area contributed by atoms with Gasteiger partial charge in [-0.05, 0) is 43.5 Å². The molecule has 0 aromatic heterocycles. The highest BCUT2D eigenvalue weighted by molar-refractivity contribution is 7.89. The fourth-order valence-corrected chi connectivity index (χ4v) is 6.88. The average molecular weight is 539 g/mol. The van der Waals surface area contributed by atoms with E-state index >= 15 is 0 Å². The summed E-state index contributed by atoms with van der Waals surface area (Å²) in [5.41, 5.74) is 1.63. The molecule has 0 radical (unpaired) electrons. The number of sulfonamides is 1. The quantitative estimate of drug-likeness (QED) is 0.567. The van der Waals surface area contributed by atoms with Crippen molar-refractivity contribution in [3.8, 4) is 17.6 Å². The highest BCUT2D eigenvalue weighted by atomic mass is 32.2. The maximum Gasteiger partial charge on any atom is 0.247 e. The third-order valence-electron chi connectivity index (χ3n) is 7.52. The minimum Gasteiger partial charge on any atom is -0.487 e. The van der Waals surface area contributed by atoms with Crippen molar-refractivity contribution in [2.45, 2.75) is 63.0 Å². The van der Waals surface area contributed by atoms with E-state index in [1.165, 1.54) is 17.1 Å². The Bertz CT molecular complexity index is 1280. The first-order valence-electron chi connectivity index (χ1n) is 13.4. The first kappa shape index (κ1) is 28.2. The van der Waals surface area contributed by atoms with Crippen LogP contribution in [0.15, 0.2) is 53.4 Å². The van der Waals surface area contributed by atoms with E-state index in [1.807, 2.05) is 37.3 Å². The fourth-order valence-electron chi connectivity index (χ4n) is 5.05. The number of amides is 1. The predicted molar refractivity (Wildman–Crippen MR) is 147 cm³/mol. The number of likely N-dealkylation sites (N-methyl/N-ethyl adjacent to an activating group) is 1. The lowest BCUT2D eigenvalue weighted by molar-refractivity contribution is -0.130. The Labute approximate surface area is 226 Å². The molecule has 1 fully saturated rings. The van der Waals surface area contributed by atoms with Crippen molar-refractivity contribution in [1.29, 1.82) is 0 Å². The summed E-state index contributed by atoms with van der Waals surface area (Å²) in [6, 6.07) is 13.9. The van der Waals surface area contributed by atoms with Crippen LogP contribution in [0.4, 0.5) is 0 Å². The van der Waals surface area contributed by atoms with Gasteiger partial charge in [0.05, 0.1) is 19.6 Å². The van der Waals surface area contributed by atoms with Crippen LogP contribution in [0.3, 0.4) is 0 Å². The van der Waals surface area contributed by atoms with Crippen LogP contribution in [0.25, 0.3) is 0 Å². The molecule has 1 aliphatic heterocycles. The van der Waals surface area contributed by atoms with Gasteiger partial charge in [-0.15, -0.1) is 0 Å². The number of benzene rings is 2. The molecule has 1 N–H and O–H groups in total. The third kappa shape index (κ3) is 6.58. The number of hydrogen-bond acceptors (Lipinski definition) is 5. The van der Waals surface area contributed by atoms with Gasteiger partial charge in [-0.3, -0.25) is 4.79 Å². The molecular weight excluding hydrogens is 500 g/mol. The molecular formula is C30H38N2O5S. The Morgan fingerprint density at radius 2 is 1.89 bits per heavy atom.